The molecule has 64 valence electrons. The number of nitrogens with zero attached hydrogens (tertiary/aromatic N) is 1. The lowest BCUT2D eigenvalue weighted by atomic mass is 10.0. The average Bonchev–Trinajstić information content (AvgIpc) is 2.23. The number of nitrogens with two attached hydrogens (primary N) is 1. The first-order chi connectivity index (χ1) is 5.31. The van der Waals surface area contributed by atoms with Crippen molar-refractivity contribution in [3.63, 3.8) is 0 Å². The van der Waals surface area contributed by atoms with Gasteiger partial charge in [0.1, 0.15) is 0 Å². The number of rotatable bonds is 1. The summed E-state index contributed by atoms with van der Waals surface area (Å²) in [5.41, 5.74) is 5.95. The molecule has 0 aromatic heterocycles. The molecular weight excluding hydrogens is 155 g/mol. The molecule has 0 saturated carbocycles. The highest BCUT2D eigenvalue weighted by molar-refractivity contribution is 7.34. The van der Waals surface area contributed by atoms with E-state index < -0.39 is 0 Å². The fourth-order valence-corrected chi connectivity index (χ4v) is 3.78. The Morgan fingerprint density at radius 3 is 2.27 bits per heavy atom. The van der Waals surface area contributed by atoms with Gasteiger partial charge in [-0.3, -0.25) is 4.67 Å². The minimum atomic E-state index is 0.500. The van der Waals surface area contributed by atoms with E-state index in [1.165, 1.54) is 25.7 Å². The number of fused-ring (bicyclic) bond motifs is 2. The number of hydrogen-bond donors (Lipinski definition) is 1. The molecule has 2 aliphatic heterocycles. The third-order valence-corrected chi connectivity index (χ3v) is 4.27. The Hall–Kier alpha value is 0.350. The minimum absolute atomic E-state index is 0.500. The molecule has 0 amide bonds. The molecule has 0 radical (unpaired) electrons. The normalized spacial score (nSPS) is 45.8. The van der Waals surface area contributed by atoms with Gasteiger partial charge in [-0.1, -0.05) is 8.73 Å². The molecule has 2 N–H and O–H groups in total. The molecule has 0 aromatic carbocycles. The molecule has 3 heteroatoms. The van der Waals surface area contributed by atoms with Crippen molar-refractivity contribution in [2.24, 2.45) is 5.73 Å². The van der Waals surface area contributed by atoms with Crippen molar-refractivity contribution in [2.75, 3.05) is 6.66 Å². The van der Waals surface area contributed by atoms with Crippen LogP contribution < -0.4 is 5.73 Å². The zero-order valence-electron chi connectivity index (χ0n) is 7.09. The molecule has 0 spiro atoms. The van der Waals surface area contributed by atoms with E-state index in [0.29, 0.717) is 6.04 Å². The topological polar surface area (TPSA) is 29.3 Å². The summed E-state index contributed by atoms with van der Waals surface area (Å²) in [6.45, 7) is 2.29. The van der Waals surface area contributed by atoms with Crippen LogP contribution in [0.2, 0.25) is 0 Å². The molecule has 2 heterocycles. The van der Waals surface area contributed by atoms with E-state index in [0.717, 1.165) is 20.8 Å². The van der Waals surface area contributed by atoms with Gasteiger partial charge in [0, 0.05) is 18.1 Å². The minimum Gasteiger partial charge on any atom is -0.328 e. The maximum absolute atomic E-state index is 5.95. The molecule has 2 fully saturated rings. The van der Waals surface area contributed by atoms with Crippen molar-refractivity contribution in [3.05, 3.63) is 0 Å². The van der Waals surface area contributed by atoms with Crippen LogP contribution >= 0.6 is 8.73 Å². The van der Waals surface area contributed by atoms with Crippen LogP contribution in [-0.4, -0.2) is 29.5 Å². The van der Waals surface area contributed by atoms with Gasteiger partial charge in [-0.15, -0.1) is 0 Å². The Kier molecular flexibility index (Phi) is 2.18. The lowest BCUT2D eigenvalue weighted by Gasteiger charge is -2.36. The van der Waals surface area contributed by atoms with Gasteiger partial charge in [0.2, 0.25) is 0 Å². The molecule has 2 nitrogen and oxygen atoms in total. The lowest BCUT2D eigenvalue weighted by molar-refractivity contribution is 0.242. The third-order valence-electron chi connectivity index (χ3n) is 3.03. The molecule has 0 aromatic rings. The van der Waals surface area contributed by atoms with Crippen molar-refractivity contribution in [3.8, 4) is 0 Å². The summed E-state index contributed by atoms with van der Waals surface area (Å²) in [4.78, 5) is 0. The second-order valence-corrected chi connectivity index (χ2v) is 4.71. The van der Waals surface area contributed by atoms with Crippen LogP contribution in [0.15, 0.2) is 0 Å². The summed E-state index contributed by atoms with van der Waals surface area (Å²) in [7, 11) is 0.998. The quantitative estimate of drug-likeness (QED) is 0.601. The summed E-state index contributed by atoms with van der Waals surface area (Å²) < 4.78 is 2.67. The van der Waals surface area contributed by atoms with Crippen LogP contribution in [0.4, 0.5) is 0 Å². The summed E-state index contributed by atoms with van der Waals surface area (Å²) in [6, 6.07) is 2.18. The van der Waals surface area contributed by atoms with Gasteiger partial charge in [-0.25, -0.2) is 0 Å². The van der Waals surface area contributed by atoms with E-state index in [1.807, 2.05) is 0 Å². The Morgan fingerprint density at radius 2 is 1.82 bits per heavy atom. The highest BCUT2D eigenvalue weighted by atomic mass is 31.1. The zero-order valence-corrected chi connectivity index (χ0v) is 8.09. The Balaban J connectivity index is 2.06. The standard InChI is InChI=1S/C8H17N2P/c1-11-10-7-2-3-8(10)5-6(9)4-7/h6-8,11H,2-5,9H2,1H3. The van der Waals surface area contributed by atoms with Gasteiger partial charge in [0.05, 0.1) is 0 Å². The summed E-state index contributed by atoms with van der Waals surface area (Å²) in [6.07, 6.45) is 5.30. The SMILES string of the molecule is CPN1C2CCC1CC(N)C2. The van der Waals surface area contributed by atoms with Crippen molar-refractivity contribution >= 4 is 8.73 Å². The second-order valence-electron chi connectivity index (χ2n) is 3.75. The van der Waals surface area contributed by atoms with Crippen molar-refractivity contribution in [1.29, 1.82) is 0 Å². The molecule has 2 aliphatic rings. The highest BCUT2D eigenvalue weighted by Gasteiger charge is 2.38. The largest absolute Gasteiger partial charge is 0.328 e. The number of piperidine rings is 1. The number of hydrogen-bond acceptors (Lipinski definition) is 2. The molecule has 2 saturated heterocycles. The Morgan fingerprint density at radius 1 is 1.27 bits per heavy atom. The van der Waals surface area contributed by atoms with Gasteiger partial charge in [-0.2, -0.15) is 0 Å². The molecule has 3 atom stereocenters. The maximum atomic E-state index is 5.95. The van der Waals surface area contributed by atoms with Gasteiger partial charge in [0.15, 0.2) is 0 Å². The van der Waals surface area contributed by atoms with E-state index >= 15 is 0 Å². The Bertz CT molecular complexity index is 137. The Labute approximate surface area is 70.4 Å². The van der Waals surface area contributed by atoms with E-state index in [9.17, 15) is 0 Å². The fraction of sp³-hybridized carbons (Fsp3) is 1.00. The first kappa shape index (κ1) is 7.97. The highest BCUT2D eigenvalue weighted by Crippen LogP contribution is 2.40. The smallest absolute Gasteiger partial charge is 0.0150 e. The molecule has 11 heavy (non-hydrogen) atoms. The van der Waals surface area contributed by atoms with Gasteiger partial charge in [0.25, 0.3) is 0 Å². The zero-order chi connectivity index (χ0) is 7.84. The average molecular weight is 172 g/mol. The van der Waals surface area contributed by atoms with Crippen LogP contribution in [0.5, 0.6) is 0 Å². The van der Waals surface area contributed by atoms with E-state index in [4.69, 9.17) is 5.73 Å². The predicted octanol–water partition coefficient (Wildman–Crippen LogP) is 1.16. The summed E-state index contributed by atoms with van der Waals surface area (Å²) in [5.74, 6) is 0. The van der Waals surface area contributed by atoms with Crippen molar-refractivity contribution < 1.29 is 0 Å². The van der Waals surface area contributed by atoms with Crippen LogP contribution in [-0.2, 0) is 0 Å². The molecular formula is C8H17N2P. The van der Waals surface area contributed by atoms with E-state index in [2.05, 4.69) is 11.3 Å². The van der Waals surface area contributed by atoms with Gasteiger partial charge >= 0.3 is 0 Å². The van der Waals surface area contributed by atoms with Crippen LogP contribution in [0.25, 0.3) is 0 Å². The summed E-state index contributed by atoms with van der Waals surface area (Å²) >= 11 is 0. The third kappa shape index (κ3) is 1.32. The first-order valence-corrected chi connectivity index (χ1v) is 5.97. The summed E-state index contributed by atoms with van der Waals surface area (Å²) in [5, 5.41) is 0. The van der Waals surface area contributed by atoms with Gasteiger partial charge < -0.3 is 5.73 Å². The lowest BCUT2D eigenvalue weighted by Crippen LogP contribution is -2.43. The van der Waals surface area contributed by atoms with E-state index in [-0.39, 0.29) is 0 Å². The molecule has 2 bridgehead atoms. The molecule has 2 rings (SSSR count). The maximum Gasteiger partial charge on any atom is 0.0150 e. The fourth-order valence-electron chi connectivity index (χ4n) is 2.58. The van der Waals surface area contributed by atoms with Crippen molar-refractivity contribution in [2.45, 2.75) is 43.8 Å². The van der Waals surface area contributed by atoms with Crippen LogP contribution in [0, 0.1) is 0 Å². The van der Waals surface area contributed by atoms with Crippen molar-refractivity contribution in [1.82, 2.24) is 4.67 Å². The van der Waals surface area contributed by atoms with Crippen LogP contribution in [0.1, 0.15) is 25.7 Å². The molecule has 0 aliphatic carbocycles. The van der Waals surface area contributed by atoms with Crippen LogP contribution in [0.3, 0.4) is 0 Å². The first-order valence-electron chi connectivity index (χ1n) is 4.52. The monoisotopic (exact) mass is 172 g/mol. The molecule has 3 unspecified atom stereocenters. The second kappa shape index (κ2) is 3.01. The van der Waals surface area contributed by atoms with Gasteiger partial charge in [-0.05, 0) is 32.3 Å². The van der Waals surface area contributed by atoms with E-state index in [1.54, 1.807) is 0 Å². The predicted molar refractivity (Wildman–Crippen MR) is 50.1 cm³/mol.